The van der Waals surface area contributed by atoms with Crippen LogP contribution in [-0.4, -0.2) is 126 Å². The summed E-state index contributed by atoms with van der Waals surface area (Å²) in [5.74, 6) is 0. The van der Waals surface area contributed by atoms with Gasteiger partial charge in [0, 0.05) is 13.7 Å². The first-order valence-electron chi connectivity index (χ1n) is 8.64. The third-order valence-corrected chi connectivity index (χ3v) is 4.60. The average molecular weight is 399 g/mol. The summed E-state index contributed by atoms with van der Waals surface area (Å²) in [5, 5.41) is 59.3. The summed E-state index contributed by atoms with van der Waals surface area (Å²) in [4.78, 5) is 0. The maximum Gasteiger partial charge on any atom is 0.187 e. The van der Waals surface area contributed by atoms with Crippen LogP contribution in [-0.2, 0) is 23.7 Å². The molecule has 0 aromatic rings. The zero-order valence-electron chi connectivity index (χ0n) is 14.9. The van der Waals surface area contributed by atoms with E-state index in [4.69, 9.17) is 29.4 Å². The van der Waals surface area contributed by atoms with E-state index in [0.29, 0.717) is 0 Å². The molecule has 2 fully saturated rings. The van der Waals surface area contributed by atoms with Gasteiger partial charge in [-0.1, -0.05) is 0 Å². The smallest absolute Gasteiger partial charge is 0.187 e. The summed E-state index contributed by atoms with van der Waals surface area (Å²) >= 11 is 0. The van der Waals surface area contributed by atoms with Gasteiger partial charge in [-0.3, -0.25) is 0 Å². The van der Waals surface area contributed by atoms with E-state index in [1.165, 1.54) is 7.11 Å². The van der Waals surface area contributed by atoms with Crippen molar-refractivity contribution in [3.8, 4) is 0 Å². The Hall–Kier alpha value is -0.480. The Morgan fingerprint density at radius 2 is 1.44 bits per heavy atom. The van der Waals surface area contributed by atoms with Crippen molar-refractivity contribution in [1.29, 1.82) is 0 Å². The van der Waals surface area contributed by atoms with Gasteiger partial charge >= 0.3 is 0 Å². The Bertz CT molecular complexity index is 442. The van der Waals surface area contributed by atoms with E-state index in [0.717, 1.165) is 0 Å². The minimum absolute atomic E-state index is 0.0987. The molecule has 2 rings (SSSR count). The molecule has 2 aliphatic heterocycles. The van der Waals surface area contributed by atoms with E-state index in [2.05, 4.69) is 0 Å². The standard InChI is InChI=1S/C15H29NO11/c1-23-15-13(24-3-2-16)11(22)12(7(5-18)26-15)27-14-10(21)9(20)8(19)6(4-17)25-14/h6-15,17-22H,2-5,16H2,1H3/t6-,7-,8+,9+,10-,11+,12+,13-,14-,15-/m1/s1. The number of methoxy groups -OCH3 is 1. The molecule has 10 atom stereocenters. The molecule has 0 aliphatic carbocycles. The second kappa shape index (κ2) is 10.3. The van der Waals surface area contributed by atoms with E-state index >= 15 is 0 Å². The molecule has 0 bridgehead atoms. The first-order chi connectivity index (χ1) is 12.9. The molecule has 0 unspecified atom stereocenters. The molecule has 0 aromatic heterocycles. The lowest BCUT2D eigenvalue weighted by Gasteiger charge is -2.46. The van der Waals surface area contributed by atoms with Gasteiger partial charge in [-0.15, -0.1) is 0 Å². The van der Waals surface area contributed by atoms with Crippen LogP contribution in [0, 0.1) is 0 Å². The summed E-state index contributed by atoms with van der Waals surface area (Å²) in [5.41, 5.74) is 5.40. The lowest BCUT2D eigenvalue weighted by Crippen LogP contribution is -2.65. The number of nitrogens with two attached hydrogens (primary N) is 1. The molecule has 0 saturated carbocycles. The summed E-state index contributed by atoms with van der Waals surface area (Å²) in [6, 6.07) is 0. The maximum atomic E-state index is 10.7. The van der Waals surface area contributed by atoms with Gasteiger partial charge in [-0.2, -0.15) is 0 Å². The van der Waals surface area contributed by atoms with Crippen molar-refractivity contribution in [2.75, 3.05) is 33.5 Å². The van der Waals surface area contributed by atoms with Crippen LogP contribution in [0.3, 0.4) is 0 Å². The summed E-state index contributed by atoms with van der Waals surface area (Å²) in [6.07, 6.45) is -13.2. The molecular formula is C15H29NO11. The topological polar surface area (TPSA) is 194 Å². The molecule has 12 nitrogen and oxygen atoms in total. The molecule has 2 saturated heterocycles. The number of rotatable bonds is 8. The Morgan fingerprint density at radius 1 is 0.815 bits per heavy atom. The normalized spacial score (nSPS) is 45.8. The van der Waals surface area contributed by atoms with Crippen molar-refractivity contribution in [2.24, 2.45) is 5.73 Å². The van der Waals surface area contributed by atoms with Crippen molar-refractivity contribution >= 4 is 0 Å². The largest absolute Gasteiger partial charge is 0.394 e. The van der Waals surface area contributed by atoms with E-state index in [-0.39, 0.29) is 13.2 Å². The van der Waals surface area contributed by atoms with Crippen LogP contribution < -0.4 is 5.73 Å². The summed E-state index contributed by atoms with van der Waals surface area (Å²) in [6.45, 7) is -0.905. The number of hydrogen-bond acceptors (Lipinski definition) is 12. The number of aliphatic hydroxyl groups is 6. The van der Waals surface area contributed by atoms with E-state index < -0.39 is 74.6 Å². The van der Waals surface area contributed by atoms with E-state index in [1.54, 1.807) is 0 Å². The second-order valence-electron chi connectivity index (χ2n) is 6.37. The van der Waals surface area contributed by atoms with E-state index in [1.807, 2.05) is 0 Å². The van der Waals surface area contributed by atoms with Gasteiger partial charge in [-0.05, 0) is 0 Å². The van der Waals surface area contributed by atoms with Crippen molar-refractivity contribution in [3.63, 3.8) is 0 Å². The fourth-order valence-corrected chi connectivity index (χ4v) is 3.12. The number of aliphatic hydroxyl groups excluding tert-OH is 6. The quantitative estimate of drug-likeness (QED) is 0.206. The van der Waals surface area contributed by atoms with Crippen molar-refractivity contribution in [1.82, 2.24) is 0 Å². The fourth-order valence-electron chi connectivity index (χ4n) is 3.12. The number of hydrogen-bond donors (Lipinski definition) is 7. The molecule has 12 heteroatoms. The SMILES string of the molecule is CO[C@@H]1O[C@H](CO)[C@H](O[C@H]2O[C@H](CO)[C@H](O)[C@H](O)[C@H]2O)[C@H](O)[C@H]1OCCN. The highest BCUT2D eigenvalue weighted by Gasteiger charge is 2.51. The zero-order valence-corrected chi connectivity index (χ0v) is 14.9. The Balaban J connectivity index is 2.15. The first-order valence-corrected chi connectivity index (χ1v) is 8.64. The Labute approximate surface area is 156 Å². The van der Waals surface area contributed by atoms with Gasteiger partial charge in [0.05, 0.1) is 19.8 Å². The van der Waals surface area contributed by atoms with Gasteiger partial charge in [0.1, 0.15) is 48.8 Å². The highest BCUT2D eigenvalue weighted by Crippen LogP contribution is 2.30. The molecule has 8 N–H and O–H groups in total. The van der Waals surface area contributed by atoms with Crippen molar-refractivity contribution < 1.29 is 54.3 Å². The third kappa shape index (κ3) is 4.93. The van der Waals surface area contributed by atoms with Crippen LogP contribution in [0.15, 0.2) is 0 Å². The van der Waals surface area contributed by atoms with Crippen LogP contribution in [0.4, 0.5) is 0 Å². The molecule has 0 spiro atoms. The first kappa shape index (κ1) is 22.8. The second-order valence-corrected chi connectivity index (χ2v) is 6.37. The van der Waals surface area contributed by atoms with Crippen LogP contribution in [0.2, 0.25) is 0 Å². The predicted molar refractivity (Wildman–Crippen MR) is 86.2 cm³/mol. The Kier molecular flexibility index (Phi) is 8.73. The number of ether oxygens (including phenoxy) is 5. The monoisotopic (exact) mass is 399 g/mol. The molecule has 2 heterocycles. The molecule has 0 aromatic carbocycles. The highest BCUT2D eigenvalue weighted by molar-refractivity contribution is 4.94. The van der Waals surface area contributed by atoms with Crippen LogP contribution in [0.5, 0.6) is 0 Å². The third-order valence-electron chi connectivity index (χ3n) is 4.60. The molecule has 27 heavy (non-hydrogen) atoms. The lowest BCUT2D eigenvalue weighted by atomic mass is 9.97. The zero-order chi connectivity index (χ0) is 20.1. The van der Waals surface area contributed by atoms with Gasteiger partial charge in [0.15, 0.2) is 12.6 Å². The molecule has 0 amide bonds. The lowest BCUT2D eigenvalue weighted by molar-refractivity contribution is -0.360. The van der Waals surface area contributed by atoms with Crippen LogP contribution in [0.1, 0.15) is 0 Å². The predicted octanol–water partition coefficient (Wildman–Crippen LogP) is -4.76. The van der Waals surface area contributed by atoms with Gasteiger partial charge in [0.25, 0.3) is 0 Å². The Morgan fingerprint density at radius 3 is 2.00 bits per heavy atom. The summed E-state index contributed by atoms with van der Waals surface area (Å²) < 4.78 is 26.9. The maximum absolute atomic E-state index is 10.7. The summed E-state index contributed by atoms with van der Waals surface area (Å²) in [7, 11) is 1.34. The van der Waals surface area contributed by atoms with Gasteiger partial charge in [0.2, 0.25) is 0 Å². The van der Waals surface area contributed by atoms with Gasteiger partial charge < -0.3 is 60.1 Å². The molecule has 0 radical (unpaired) electrons. The minimum atomic E-state index is -1.67. The van der Waals surface area contributed by atoms with Gasteiger partial charge in [-0.25, -0.2) is 0 Å². The molecule has 160 valence electrons. The molecular weight excluding hydrogens is 370 g/mol. The molecule has 2 aliphatic rings. The van der Waals surface area contributed by atoms with Crippen molar-refractivity contribution in [2.45, 2.75) is 61.4 Å². The average Bonchev–Trinajstić information content (AvgIpc) is 2.68. The van der Waals surface area contributed by atoms with Crippen LogP contribution >= 0.6 is 0 Å². The fraction of sp³-hybridized carbons (Fsp3) is 1.00. The van der Waals surface area contributed by atoms with Crippen molar-refractivity contribution in [3.05, 3.63) is 0 Å². The van der Waals surface area contributed by atoms with Crippen LogP contribution in [0.25, 0.3) is 0 Å². The highest BCUT2D eigenvalue weighted by atomic mass is 16.7. The van der Waals surface area contributed by atoms with E-state index in [9.17, 15) is 30.6 Å². The minimum Gasteiger partial charge on any atom is -0.394 e.